The van der Waals surface area contributed by atoms with Crippen molar-refractivity contribution in [2.75, 3.05) is 26.8 Å². The third-order valence-corrected chi connectivity index (χ3v) is 9.97. The van der Waals surface area contributed by atoms with Gasteiger partial charge >= 0.3 is 5.97 Å². The number of esters is 1. The number of carbonyl (C=O) groups excluding carboxylic acids is 9. The van der Waals surface area contributed by atoms with E-state index < -0.39 is 139 Å². The lowest BCUT2D eigenvalue weighted by atomic mass is 9.85. The summed E-state index contributed by atoms with van der Waals surface area (Å²) < 4.78 is 11.8. The normalized spacial score (nSPS) is 29.1. The number of carbonyl (C=O) groups is 9. The van der Waals surface area contributed by atoms with Gasteiger partial charge in [-0.3, -0.25) is 38.4 Å². The molecule has 0 spiro atoms. The van der Waals surface area contributed by atoms with Gasteiger partial charge in [-0.15, -0.1) is 0 Å². The highest BCUT2D eigenvalue weighted by atomic mass is 16.5. The van der Waals surface area contributed by atoms with E-state index in [9.17, 15) is 58.5 Å². The second-order valence-electron chi connectivity index (χ2n) is 15.2. The number of rotatable bonds is 10. The number of methoxy groups -OCH3 is 1. The molecule has 1 heterocycles. The SMILES string of the molecule is CCC[C@H](C)C1OC(=O)[C@H](C(C)C)NC(=O)C(C(O)C(N)=O)NC(=O)[C@H]([C@@H](C)C(N)=O)NC(=O)CNC(=O)[C@H](CO)NC(=O)CC(O)CNC(=O)/C=C/C=C/CC(OC)[C@@H]1C. The van der Waals surface area contributed by atoms with Crippen LogP contribution < -0.4 is 43.4 Å². The van der Waals surface area contributed by atoms with Crippen LogP contribution in [-0.4, -0.2) is 144 Å². The molecule has 1 aliphatic rings. The average Bonchev–Trinajstić information content (AvgIpc) is 3.20. The van der Waals surface area contributed by atoms with Crippen LogP contribution in [-0.2, 0) is 52.6 Å². The summed E-state index contributed by atoms with van der Waals surface area (Å²) >= 11 is 0. The van der Waals surface area contributed by atoms with Crippen LogP contribution in [0.5, 0.6) is 0 Å². The number of aliphatic hydroxyl groups is 3. The van der Waals surface area contributed by atoms with Gasteiger partial charge in [-0.2, -0.15) is 0 Å². The van der Waals surface area contributed by atoms with Crippen molar-refractivity contribution in [2.45, 2.75) is 116 Å². The van der Waals surface area contributed by atoms with Crippen molar-refractivity contribution in [1.82, 2.24) is 31.9 Å². The van der Waals surface area contributed by atoms with Crippen molar-refractivity contribution in [3.63, 3.8) is 0 Å². The fourth-order valence-electron chi connectivity index (χ4n) is 6.28. The molecule has 0 saturated carbocycles. The van der Waals surface area contributed by atoms with Crippen molar-refractivity contribution in [3.8, 4) is 0 Å². The van der Waals surface area contributed by atoms with E-state index in [1.54, 1.807) is 26.0 Å². The molecule has 22 nitrogen and oxygen atoms in total. The zero-order valence-electron chi connectivity index (χ0n) is 35.7. The maximum Gasteiger partial charge on any atom is 0.329 e. The standard InChI is InChI=1S/C39H64N8O14/c1-8-12-20(4)33-21(5)25(60-7)13-10-9-11-14-26(50)42-16-23(49)15-27(51)44-24(18-48)36(56)43-17-28(52)45-30(22(6)34(40)54)37(57)47-31(32(53)35(41)55)38(58)46-29(19(2)3)39(59)61-33/h9-11,14,19-25,29-33,48-49,53H,8,12-13,15-18H2,1-7H3,(H2,40,54)(H2,41,55)(H,42,50)(H,43,56)(H,44,51)(H,45,52)(H,46,58)(H,47,57)/b10-9+,14-11+/t20-,21-,22+,23?,24-,25?,29-,30-,31?,32?,33?/m0/s1. The van der Waals surface area contributed by atoms with E-state index >= 15 is 0 Å². The van der Waals surface area contributed by atoms with Crippen LogP contribution in [0, 0.1) is 23.7 Å². The van der Waals surface area contributed by atoms with E-state index in [0.29, 0.717) is 12.8 Å². The second kappa shape index (κ2) is 26.7. The number of nitrogens with one attached hydrogen (secondary N) is 6. The Morgan fingerprint density at radius 2 is 1.49 bits per heavy atom. The van der Waals surface area contributed by atoms with E-state index in [1.165, 1.54) is 19.3 Å². The predicted octanol–water partition coefficient (Wildman–Crippen LogP) is -3.96. The zero-order valence-corrected chi connectivity index (χ0v) is 35.7. The molecule has 1 aliphatic heterocycles. The average molecular weight is 869 g/mol. The highest BCUT2D eigenvalue weighted by Gasteiger charge is 2.41. The first kappa shape index (κ1) is 53.6. The molecule has 344 valence electrons. The van der Waals surface area contributed by atoms with Gasteiger partial charge in [-0.25, -0.2) is 4.79 Å². The summed E-state index contributed by atoms with van der Waals surface area (Å²) in [5.41, 5.74) is 10.7. The number of β-amino-alcohol motifs (C(OH)–C–C–N with tert-alkyl or cyclic N) is 1. The molecule has 22 heteroatoms. The Labute approximate surface area is 354 Å². The number of cyclic esters (lactones) is 1. The van der Waals surface area contributed by atoms with Crippen molar-refractivity contribution in [2.24, 2.45) is 35.1 Å². The minimum atomic E-state index is -2.40. The molecule has 0 aromatic carbocycles. The van der Waals surface area contributed by atoms with Crippen LogP contribution in [0.15, 0.2) is 24.3 Å². The van der Waals surface area contributed by atoms with E-state index in [4.69, 9.17) is 20.9 Å². The Morgan fingerprint density at radius 1 is 0.869 bits per heavy atom. The van der Waals surface area contributed by atoms with Crippen LogP contribution in [0.1, 0.15) is 67.2 Å². The van der Waals surface area contributed by atoms with Gasteiger partial charge < -0.3 is 68.2 Å². The molecule has 0 aromatic heterocycles. The monoisotopic (exact) mass is 868 g/mol. The number of nitrogens with two attached hydrogens (primary N) is 2. The Kier molecular flexibility index (Phi) is 23.4. The van der Waals surface area contributed by atoms with E-state index in [-0.39, 0.29) is 12.5 Å². The fourth-order valence-corrected chi connectivity index (χ4v) is 6.28. The van der Waals surface area contributed by atoms with Crippen molar-refractivity contribution in [1.29, 1.82) is 0 Å². The molecule has 1 rings (SSSR count). The second-order valence-corrected chi connectivity index (χ2v) is 15.2. The van der Waals surface area contributed by atoms with E-state index in [1.807, 2.05) is 20.8 Å². The van der Waals surface area contributed by atoms with Crippen molar-refractivity contribution in [3.05, 3.63) is 24.3 Å². The first-order valence-electron chi connectivity index (χ1n) is 20.0. The van der Waals surface area contributed by atoms with Gasteiger partial charge in [0, 0.05) is 25.6 Å². The summed E-state index contributed by atoms with van der Waals surface area (Å²) in [6, 6.07) is -7.11. The molecule has 5 unspecified atom stereocenters. The number of hydrogen-bond acceptors (Lipinski definition) is 14. The van der Waals surface area contributed by atoms with E-state index in [0.717, 1.165) is 13.3 Å². The van der Waals surface area contributed by atoms with Gasteiger partial charge in [0.25, 0.3) is 0 Å². The lowest BCUT2D eigenvalue weighted by molar-refractivity contribution is -0.163. The summed E-state index contributed by atoms with van der Waals surface area (Å²) in [4.78, 5) is 116. The molecule has 0 bridgehead atoms. The lowest BCUT2D eigenvalue weighted by Crippen LogP contribution is -2.64. The van der Waals surface area contributed by atoms with Gasteiger partial charge in [0.2, 0.25) is 47.3 Å². The Hall–Kier alpha value is -5.45. The summed E-state index contributed by atoms with van der Waals surface area (Å²) in [7, 11) is 1.48. The van der Waals surface area contributed by atoms with Crippen LogP contribution in [0.25, 0.3) is 0 Å². The smallest absolute Gasteiger partial charge is 0.329 e. The van der Waals surface area contributed by atoms with Crippen molar-refractivity contribution >= 4 is 53.2 Å². The highest BCUT2D eigenvalue weighted by molar-refractivity contribution is 5.99. The third-order valence-electron chi connectivity index (χ3n) is 9.97. The van der Waals surface area contributed by atoms with Gasteiger partial charge in [-0.05, 0) is 24.7 Å². The third kappa shape index (κ3) is 18.0. The summed E-state index contributed by atoms with van der Waals surface area (Å²) in [5.74, 6) is -12.5. The number of ether oxygens (including phenoxy) is 2. The molecule has 0 saturated heterocycles. The quantitative estimate of drug-likeness (QED) is 0.0934. The molecular weight excluding hydrogens is 804 g/mol. The Bertz CT molecular complexity index is 1610. The molecule has 11 atom stereocenters. The molecule has 8 amide bonds. The van der Waals surface area contributed by atoms with Gasteiger partial charge in [0.05, 0.1) is 37.7 Å². The number of primary amides is 2. The summed E-state index contributed by atoms with van der Waals surface area (Å²) in [5, 5.41) is 44.1. The van der Waals surface area contributed by atoms with Crippen molar-refractivity contribution < 1.29 is 67.9 Å². The molecular formula is C39H64N8O14. The Balaban J connectivity index is 3.69. The van der Waals surface area contributed by atoms with Crippen LogP contribution >= 0.6 is 0 Å². The molecule has 0 aliphatic carbocycles. The first-order valence-corrected chi connectivity index (χ1v) is 20.0. The largest absolute Gasteiger partial charge is 0.460 e. The number of amides is 8. The molecule has 13 N–H and O–H groups in total. The van der Waals surface area contributed by atoms with E-state index in [2.05, 4.69) is 31.9 Å². The minimum absolute atomic E-state index is 0.208. The van der Waals surface area contributed by atoms with Crippen LogP contribution in [0.2, 0.25) is 0 Å². The van der Waals surface area contributed by atoms with Crippen LogP contribution in [0.4, 0.5) is 0 Å². The molecule has 0 radical (unpaired) electrons. The maximum atomic E-state index is 13.9. The van der Waals surface area contributed by atoms with Gasteiger partial charge in [0.15, 0.2) is 6.10 Å². The molecule has 0 aromatic rings. The topological polar surface area (TPSA) is 357 Å². The fraction of sp³-hybridized carbons (Fsp3) is 0.667. The lowest BCUT2D eigenvalue weighted by Gasteiger charge is -2.35. The summed E-state index contributed by atoms with van der Waals surface area (Å²) in [6.45, 7) is 7.77. The molecule has 61 heavy (non-hydrogen) atoms. The van der Waals surface area contributed by atoms with Crippen LogP contribution in [0.3, 0.4) is 0 Å². The number of aliphatic hydroxyl groups excluding tert-OH is 3. The number of hydrogen-bond donors (Lipinski definition) is 11. The van der Waals surface area contributed by atoms with Gasteiger partial charge in [0.1, 0.15) is 30.3 Å². The predicted molar refractivity (Wildman–Crippen MR) is 217 cm³/mol. The van der Waals surface area contributed by atoms with Gasteiger partial charge in [-0.1, -0.05) is 66.2 Å². The maximum absolute atomic E-state index is 13.9. The summed E-state index contributed by atoms with van der Waals surface area (Å²) in [6.07, 6.45) is 1.94. The number of allylic oxidation sites excluding steroid dienone is 2. The highest BCUT2D eigenvalue weighted by Crippen LogP contribution is 2.28. The molecule has 0 fully saturated rings. The Morgan fingerprint density at radius 3 is 2.05 bits per heavy atom. The zero-order chi connectivity index (χ0) is 46.6. The minimum Gasteiger partial charge on any atom is -0.460 e. The first-order chi connectivity index (χ1) is 28.6.